The minimum Gasteiger partial charge on any atom is -0.486 e. The van der Waals surface area contributed by atoms with Crippen LogP contribution in [-0.4, -0.2) is 48.7 Å². The van der Waals surface area contributed by atoms with Crippen molar-refractivity contribution in [3.63, 3.8) is 0 Å². The van der Waals surface area contributed by atoms with Crippen LogP contribution in [0.15, 0.2) is 18.2 Å². The van der Waals surface area contributed by atoms with Crippen molar-refractivity contribution in [1.82, 2.24) is 15.5 Å². The van der Waals surface area contributed by atoms with E-state index in [1.165, 1.54) is 6.42 Å². The summed E-state index contributed by atoms with van der Waals surface area (Å²) in [6.45, 7) is 3.83. The maximum atomic E-state index is 12.7. The Hall–Kier alpha value is -2.28. The van der Waals surface area contributed by atoms with Crippen molar-refractivity contribution in [2.75, 3.05) is 19.8 Å². The largest absolute Gasteiger partial charge is 0.486 e. The van der Waals surface area contributed by atoms with Gasteiger partial charge in [-0.25, -0.2) is 4.79 Å². The fourth-order valence-corrected chi connectivity index (χ4v) is 4.71. The zero-order valence-corrected chi connectivity index (χ0v) is 17.1. The lowest BCUT2D eigenvalue weighted by Crippen LogP contribution is -2.51. The third-order valence-corrected chi connectivity index (χ3v) is 6.30. The van der Waals surface area contributed by atoms with Crippen molar-refractivity contribution >= 4 is 11.9 Å². The number of likely N-dealkylation sites (tertiary alicyclic amines) is 1. The zero-order chi connectivity index (χ0) is 20.2. The van der Waals surface area contributed by atoms with Crippen LogP contribution < -0.4 is 20.1 Å². The van der Waals surface area contributed by atoms with Crippen molar-refractivity contribution in [2.24, 2.45) is 0 Å². The summed E-state index contributed by atoms with van der Waals surface area (Å²) in [4.78, 5) is 27.2. The van der Waals surface area contributed by atoms with Gasteiger partial charge in [0.1, 0.15) is 13.2 Å². The topological polar surface area (TPSA) is 79.9 Å². The molecule has 29 heavy (non-hydrogen) atoms. The van der Waals surface area contributed by atoms with E-state index < -0.39 is 0 Å². The van der Waals surface area contributed by atoms with Crippen molar-refractivity contribution < 1.29 is 19.1 Å². The van der Waals surface area contributed by atoms with Gasteiger partial charge in [0, 0.05) is 12.1 Å². The third-order valence-electron chi connectivity index (χ3n) is 6.30. The molecule has 0 bridgehead atoms. The average molecular weight is 402 g/mol. The normalized spacial score (nSPS) is 23.4. The first-order valence-corrected chi connectivity index (χ1v) is 10.9. The molecule has 2 aliphatic heterocycles. The number of carbonyl (C=O) groups excluding carboxylic acids is 2. The minimum absolute atomic E-state index is 0.132. The van der Waals surface area contributed by atoms with Crippen molar-refractivity contribution in [3.8, 4) is 11.5 Å². The van der Waals surface area contributed by atoms with E-state index in [4.69, 9.17) is 9.47 Å². The monoisotopic (exact) mass is 401 g/mol. The minimum atomic E-state index is -0.382. The molecule has 0 radical (unpaired) electrons. The molecule has 4 rings (SSSR count). The molecule has 1 aromatic rings. The molecule has 2 unspecified atom stereocenters. The second-order valence-corrected chi connectivity index (χ2v) is 8.27. The van der Waals surface area contributed by atoms with E-state index in [9.17, 15) is 9.59 Å². The van der Waals surface area contributed by atoms with Crippen molar-refractivity contribution in [3.05, 3.63) is 23.8 Å². The highest BCUT2D eigenvalue weighted by molar-refractivity contribution is 5.96. The maximum absolute atomic E-state index is 12.7. The summed E-state index contributed by atoms with van der Waals surface area (Å²) in [5, 5.41) is 5.50. The number of rotatable bonds is 4. The number of nitrogens with zero attached hydrogens (tertiary/aromatic N) is 1. The summed E-state index contributed by atoms with van der Waals surface area (Å²) in [7, 11) is 0. The lowest BCUT2D eigenvalue weighted by molar-refractivity contribution is -0.125. The van der Waals surface area contributed by atoms with Crippen LogP contribution >= 0.6 is 0 Å². The number of imide groups is 1. The number of urea groups is 1. The van der Waals surface area contributed by atoms with Crippen LogP contribution in [0.4, 0.5) is 4.79 Å². The molecule has 0 aromatic heterocycles. The van der Waals surface area contributed by atoms with E-state index in [1.807, 2.05) is 19.1 Å². The van der Waals surface area contributed by atoms with E-state index in [0.29, 0.717) is 13.2 Å². The van der Waals surface area contributed by atoms with Crippen LogP contribution in [0.25, 0.3) is 0 Å². The first kappa shape index (κ1) is 20.0. The Kier molecular flexibility index (Phi) is 6.23. The molecule has 7 nitrogen and oxygen atoms in total. The van der Waals surface area contributed by atoms with Crippen LogP contribution in [0.2, 0.25) is 0 Å². The Morgan fingerprint density at radius 2 is 1.79 bits per heavy atom. The number of hydrogen-bond acceptors (Lipinski definition) is 5. The Morgan fingerprint density at radius 3 is 2.59 bits per heavy atom. The van der Waals surface area contributed by atoms with E-state index in [-0.39, 0.29) is 30.1 Å². The summed E-state index contributed by atoms with van der Waals surface area (Å²) in [6, 6.07) is 5.59. The van der Waals surface area contributed by atoms with Crippen LogP contribution in [0.5, 0.6) is 11.5 Å². The van der Waals surface area contributed by atoms with Crippen molar-refractivity contribution in [1.29, 1.82) is 0 Å². The lowest BCUT2D eigenvalue weighted by Gasteiger charge is -2.31. The number of ether oxygens (including phenoxy) is 2. The molecule has 2 fully saturated rings. The molecule has 1 aliphatic carbocycles. The molecule has 3 amide bonds. The molecule has 158 valence electrons. The first-order valence-electron chi connectivity index (χ1n) is 10.9. The molecule has 2 heterocycles. The molecule has 2 atom stereocenters. The number of benzene rings is 1. The van der Waals surface area contributed by atoms with Gasteiger partial charge in [-0.15, -0.1) is 0 Å². The number of amides is 3. The molecule has 1 saturated carbocycles. The second kappa shape index (κ2) is 9.03. The van der Waals surface area contributed by atoms with Gasteiger partial charge in [0.05, 0.1) is 6.04 Å². The predicted octanol–water partition coefficient (Wildman–Crippen LogP) is 3.14. The van der Waals surface area contributed by atoms with Gasteiger partial charge in [0.2, 0.25) is 5.91 Å². The van der Waals surface area contributed by atoms with E-state index in [1.54, 1.807) is 0 Å². The Bertz CT molecular complexity index is 748. The first-order chi connectivity index (χ1) is 14.1. The highest BCUT2D eigenvalue weighted by Gasteiger charge is 2.34. The SMILES string of the molecule is CC(C(=O)NC(=O)NC1CCCCC1)N1CCCC1c1ccc2c(c1)OCCO2. The van der Waals surface area contributed by atoms with Gasteiger partial charge in [0.15, 0.2) is 11.5 Å². The summed E-state index contributed by atoms with van der Waals surface area (Å²) in [6.07, 6.45) is 7.49. The van der Waals surface area contributed by atoms with Gasteiger partial charge in [-0.2, -0.15) is 0 Å². The second-order valence-electron chi connectivity index (χ2n) is 8.27. The molecule has 1 aromatic carbocycles. The molecular weight excluding hydrogens is 370 g/mol. The van der Waals surface area contributed by atoms with E-state index >= 15 is 0 Å². The highest BCUT2D eigenvalue weighted by atomic mass is 16.6. The van der Waals surface area contributed by atoms with Gasteiger partial charge in [-0.05, 0) is 56.8 Å². The Morgan fingerprint density at radius 1 is 1.03 bits per heavy atom. The summed E-state index contributed by atoms with van der Waals surface area (Å²) >= 11 is 0. The summed E-state index contributed by atoms with van der Waals surface area (Å²) < 4.78 is 11.3. The van der Waals surface area contributed by atoms with Gasteiger partial charge in [-0.1, -0.05) is 25.3 Å². The van der Waals surface area contributed by atoms with Gasteiger partial charge in [-0.3, -0.25) is 15.0 Å². The molecule has 0 spiro atoms. The molecule has 2 N–H and O–H groups in total. The fourth-order valence-electron chi connectivity index (χ4n) is 4.71. The van der Waals surface area contributed by atoms with Crippen LogP contribution in [0.1, 0.15) is 63.5 Å². The van der Waals surface area contributed by atoms with Crippen molar-refractivity contribution in [2.45, 2.75) is 70.0 Å². The lowest BCUT2D eigenvalue weighted by atomic mass is 9.96. The summed E-state index contributed by atoms with van der Waals surface area (Å²) in [5.74, 6) is 1.29. The van der Waals surface area contributed by atoms with Gasteiger partial charge in [0.25, 0.3) is 0 Å². The van der Waals surface area contributed by atoms with E-state index in [0.717, 1.165) is 62.1 Å². The molecule has 7 heteroatoms. The highest BCUT2D eigenvalue weighted by Crippen LogP contribution is 2.38. The standard InChI is InChI=1S/C22H31N3O4/c1-15(21(26)24-22(27)23-17-6-3-2-4-7-17)25-11-5-8-18(25)16-9-10-19-20(14-16)29-13-12-28-19/h9-10,14-15,17-18H,2-8,11-13H2,1H3,(H2,23,24,26,27). The number of hydrogen-bond donors (Lipinski definition) is 2. The predicted molar refractivity (Wildman–Crippen MR) is 109 cm³/mol. The van der Waals surface area contributed by atoms with Crippen LogP contribution in [0.3, 0.4) is 0 Å². The number of nitrogens with one attached hydrogen (secondary N) is 2. The third kappa shape index (κ3) is 4.66. The summed E-state index contributed by atoms with van der Waals surface area (Å²) in [5.41, 5.74) is 1.12. The van der Waals surface area contributed by atoms with Gasteiger partial charge < -0.3 is 14.8 Å². The Balaban J connectivity index is 1.37. The van der Waals surface area contributed by atoms with Gasteiger partial charge >= 0.3 is 6.03 Å². The smallest absolute Gasteiger partial charge is 0.321 e. The quantitative estimate of drug-likeness (QED) is 0.810. The molecule has 1 saturated heterocycles. The fraction of sp³-hybridized carbons (Fsp3) is 0.636. The van der Waals surface area contributed by atoms with Crippen LogP contribution in [-0.2, 0) is 4.79 Å². The average Bonchev–Trinajstić information content (AvgIpc) is 3.23. The number of fused-ring (bicyclic) bond motifs is 1. The molecule has 3 aliphatic rings. The number of carbonyl (C=O) groups is 2. The zero-order valence-electron chi connectivity index (χ0n) is 17.1. The van der Waals surface area contributed by atoms with Crippen LogP contribution in [0, 0.1) is 0 Å². The maximum Gasteiger partial charge on any atom is 0.321 e. The van der Waals surface area contributed by atoms with E-state index in [2.05, 4.69) is 21.6 Å². The Labute approximate surface area is 172 Å². The molecular formula is C22H31N3O4.